The predicted molar refractivity (Wildman–Crippen MR) is 109 cm³/mol. The Balaban J connectivity index is 1.36. The Morgan fingerprint density at radius 3 is 2.64 bits per heavy atom. The molecule has 0 N–H and O–H groups in total. The lowest BCUT2D eigenvalue weighted by Crippen LogP contribution is -2.57. The fourth-order valence-electron chi connectivity index (χ4n) is 4.06. The molecular formula is C21H26N4O2S. The van der Waals surface area contributed by atoms with Gasteiger partial charge in [0, 0.05) is 51.7 Å². The van der Waals surface area contributed by atoms with E-state index in [1.165, 1.54) is 16.9 Å². The maximum Gasteiger partial charge on any atom is 0.264 e. The van der Waals surface area contributed by atoms with Crippen molar-refractivity contribution < 1.29 is 9.59 Å². The van der Waals surface area contributed by atoms with E-state index < -0.39 is 0 Å². The number of carbonyl (C=O) groups is 2. The van der Waals surface area contributed by atoms with E-state index in [9.17, 15) is 9.59 Å². The van der Waals surface area contributed by atoms with Gasteiger partial charge >= 0.3 is 0 Å². The number of hydrogen-bond acceptors (Lipinski definition) is 5. The van der Waals surface area contributed by atoms with Crippen molar-refractivity contribution in [2.24, 2.45) is 0 Å². The topological polar surface area (TPSA) is 56.8 Å². The minimum Gasteiger partial charge on any atom is -0.338 e. The number of aromatic nitrogens is 1. The zero-order valence-corrected chi connectivity index (χ0v) is 16.8. The first-order valence-corrected chi connectivity index (χ1v) is 10.8. The van der Waals surface area contributed by atoms with Gasteiger partial charge in [-0.1, -0.05) is 12.1 Å². The van der Waals surface area contributed by atoms with E-state index in [0.29, 0.717) is 6.54 Å². The summed E-state index contributed by atoms with van der Waals surface area (Å²) in [5.74, 6) is 0.119. The lowest BCUT2D eigenvalue weighted by molar-refractivity contribution is -0.139. The Morgan fingerprint density at radius 1 is 1.07 bits per heavy atom. The highest BCUT2D eigenvalue weighted by molar-refractivity contribution is 7.12. The average Bonchev–Trinajstić information content (AvgIpc) is 3.29. The fraction of sp³-hybridized carbons (Fsp3) is 0.476. The van der Waals surface area contributed by atoms with Crippen molar-refractivity contribution in [2.45, 2.75) is 31.8 Å². The van der Waals surface area contributed by atoms with Gasteiger partial charge in [-0.2, -0.15) is 0 Å². The molecule has 2 saturated heterocycles. The molecular weight excluding hydrogens is 372 g/mol. The Labute approximate surface area is 169 Å². The summed E-state index contributed by atoms with van der Waals surface area (Å²) >= 11 is 1.45. The summed E-state index contributed by atoms with van der Waals surface area (Å²) in [6, 6.07) is 7.46. The summed E-state index contributed by atoms with van der Waals surface area (Å²) in [5, 5.41) is 1.91. The molecule has 0 spiro atoms. The van der Waals surface area contributed by atoms with Crippen LogP contribution in [-0.4, -0.2) is 70.3 Å². The van der Waals surface area contributed by atoms with E-state index in [-0.39, 0.29) is 17.9 Å². The normalized spacial score (nSPS) is 20.9. The van der Waals surface area contributed by atoms with Crippen LogP contribution >= 0.6 is 11.3 Å². The number of thiophene rings is 1. The number of piperazine rings is 1. The van der Waals surface area contributed by atoms with Crippen LogP contribution in [0, 0.1) is 0 Å². The van der Waals surface area contributed by atoms with Crippen LogP contribution in [0.4, 0.5) is 0 Å². The van der Waals surface area contributed by atoms with Crippen molar-refractivity contribution in [3.8, 4) is 0 Å². The minimum atomic E-state index is -0.312. The standard InChI is InChI=1S/C21H26N4O2S/c26-20(18-6-1-2-9-25(18)21(27)19-7-4-14-28-19)24-12-10-23(11-13-24)16-17-5-3-8-22-15-17/h3-5,7-8,14-15,18H,1-2,6,9-13,16H2. The molecule has 28 heavy (non-hydrogen) atoms. The third kappa shape index (κ3) is 4.25. The average molecular weight is 399 g/mol. The molecule has 0 aromatic carbocycles. The third-order valence-corrected chi connectivity index (χ3v) is 6.45. The third-order valence-electron chi connectivity index (χ3n) is 5.59. The second kappa shape index (κ2) is 8.84. The Hall–Kier alpha value is -2.25. The molecule has 6 nitrogen and oxygen atoms in total. The Bertz CT molecular complexity index is 788. The van der Waals surface area contributed by atoms with Crippen molar-refractivity contribution in [3.63, 3.8) is 0 Å². The number of carbonyl (C=O) groups excluding carboxylic acids is 2. The van der Waals surface area contributed by atoms with Crippen LogP contribution in [0.15, 0.2) is 42.0 Å². The van der Waals surface area contributed by atoms with Crippen LogP contribution in [0.1, 0.15) is 34.5 Å². The van der Waals surface area contributed by atoms with E-state index in [2.05, 4.69) is 16.0 Å². The molecule has 4 heterocycles. The summed E-state index contributed by atoms with van der Waals surface area (Å²) in [6.45, 7) is 4.68. The maximum atomic E-state index is 13.2. The molecule has 2 amide bonds. The number of rotatable bonds is 4. The lowest BCUT2D eigenvalue weighted by Gasteiger charge is -2.40. The number of pyridine rings is 1. The predicted octanol–water partition coefficient (Wildman–Crippen LogP) is 2.48. The van der Waals surface area contributed by atoms with Crippen LogP contribution in [0.3, 0.4) is 0 Å². The number of piperidine rings is 1. The molecule has 0 saturated carbocycles. The maximum absolute atomic E-state index is 13.2. The molecule has 2 aliphatic rings. The van der Waals surface area contributed by atoms with Crippen LogP contribution in [0.25, 0.3) is 0 Å². The van der Waals surface area contributed by atoms with Crippen LogP contribution in [0.5, 0.6) is 0 Å². The number of hydrogen-bond donors (Lipinski definition) is 0. The van der Waals surface area contributed by atoms with Gasteiger partial charge in [0.15, 0.2) is 0 Å². The quantitative estimate of drug-likeness (QED) is 0.794. The van der Waals surface area contributed by atoms with Gasteiger partial charge in [-0.05, 0) is 42.3 Å². The molecule has 4 rings (SSSR count). The first kappa shape index (κ1) is 19.1. The lowest BCUT2D eigenvalue weighted by atomic mass is 10.00. The van der Waals surface area contributed by atoms with Crippen molar-refractivity contribution in [3.05, 3.63) is 52.5 Å². The Morgan fingerprint density at radius 2 is 1.93 bits per heavy atom. The van der Waals surface area contributed by atoms with Gasteiger partial charge in [-0.3, -0.25) is 19.5 Å². The molecule has 2 aromatic rings. The second-order valence-corrected chi connectivity index (χ2v) is 8.40. The van der Waals surface area contributed by atoms with Gasteiger partial charge in [-0.25, -0.2) is 0 Å². The minimum absolute atomic E-state index is 0.00302. The zero-order chi connectivity index (χ0) is 19.3. The van der Waals surface area contributed by atoms with E-state index in [1.807, 2.05) is 34.7 Å². The van der Waals surface area contributed by atoms with E-state index in [4.69, 9.17) is 0 Å². The van der Waals surface area contributed by atoms with Gasteiger partial charge in [0.25, 0.3) is 5.91 Å². The second-order valence-electron chi connectivity index (χ2n) is 7.45. The first-order chi connectivity index (χ1) is 13.7. The smallest absolute Gasteiger partial charge is 0.264 e. The highest BCUT2D eigenvalue weighted by Gasteiger charge is 2.36. The fourth-order valence-corrected chi connectivity index (χ4v) is 4.74. The van der Waals surface area contributed by atoms with E-state index >= 15 is 0 Å². The van der Waals surface area contributed by atoms with Crippen LogP contribution in [-0.2, 0) is 11.3 Å². The molecule has 148 valence electrons. The number of nitrogens with zero attached hydrogens (tertiary/aromatic N) is 4. The highest BCUT2D eigenvalue weighted by atomic mass is 32.1. The van der Waals surface area contributed by atoms with Crippen LogP contribution < -0.4 is 0 Å². The molecule has 2 aromatic heterocycles. The monoisotopic (exact) mass is 398 g/mol. The summed E-state index contributed by atoms with van der Waals surface area (Å²) in [4.78, 5) is 37.1. The SMILES string of the molecule is O=C(C1CCCCN1C(=O)c1cccs1)N1CCN(Cc2cccnc2)CC1. The van der Waals surface area contributed by atoms with Crippen LogP contribution in [0.2, 0.25) is 0 Å². The van der Waals surface area contributed by atoms with Crippen molar-refractivity contribution >= 4 is 23.2 Å². The molecule has 7 heteroatoms. The highest BCUT2D eigenvalue weighted by Crippen LogP contribution is 2.23. The summed E-state index contributed by atoms with van der Waals surface area (Å²) in [6.07, 6.45) is 6.43. The molecule has 2 fully saturated rings. The van der Waals surface area contributed by atoms with Gasteiger partial charge in [0.1, 0.15) is 6.04 Å². The summed E-state index contributed by atoms with van der Waals surface area (Å²) in [7, 11) is 0. The van der Waals surface area contributed by atoms with Crippen molar-refractivity contribution in [2.75, 3.05) is 32.7 Å². The van der Waals surface area contributed by atoms with Crippen molar-refractivity contribution in [1.29, 1.82) is 0 Å². The summed E-state index contributed by atoms with van der Waals surface area (Å²) < 4.78 is 0. The number of amides is 2. The molecule has 2 aliphatic heterocycles. The van der Waals surface area contributed by atoms with Gasteiger partial charge in [0.2, 0.25) is 5.91 Å². The molecule has 1 unspecified atom stereocenters. The van der Waals surface area contributed by atoms with E-state index in [0.717, 1.165) is 56.9 Å². The van der Waals surface area contributed by atoms with Gasteiger partial charge in [-0.15, -0.1) is 11.3 Å². The molecule has 0 radical (unpaired) electrons. The summed E-state index contributed by atoms with van der Waals surface area (Å²) in [5.41, 5.74) is 1.20. The first-order valence-electron chi connectivity index (χ1n) is 9.97. The molecule has 0 aliphatic carbocycles. The van der Waals surface area contributed by atoms with Crippen molar-refractivity contribution in [1.82, 2.24) is 19.7 Å². The van der Waals surface area contributed by atoms with Gasteiger partial charge < -0.3 is 9.80 Å². The molecule has 0 bridgehead atoms. The molecule has 1 atom stereocenters. The van der Waals surface area contributed by atoms with Gasteiger partial charge in [0.05, 0.1) is 4.88 Å². The Kier molecular flexibility index (Phi) is 6.02. The number of likely N-dealkylation sites (tertiary alicyclic amines) is 1. The van der Waals surface area contributed by atoms with E-state index in [1.54, 1.807) is 11.1 Å². The zero-order valence-electron chi connectivity index (χ0n) is 16.0. The largest absolute Gasteiger partial charge is 0.338 e.